The van der Waals surface area contributed by atoms with Gasteiger partial charge in [0.15, 0.2) is 0 Å². The number of rotatable bonds is 6. The number of hydrogen-bond acceptors (Lipinski definition) is 3. The first-order valence-electron chi connectivity index (χ1n) is 8.89. The predicted molar refractivity (Wildman–Crippen MR) is 116 cm³/mol. The molecule has 0 fully saturated rings. The Morgan fingerprint density at radius 1 is 0.893 bits per heavy atom. The molecule has 5 nitrogen and oxygen atoms in total. The normalized spacial score (nSPS) is 11.3. The van der Waals surface area contributed by atoms with Crippen LogP contribution in [0.1, 0.15) is 25.3 Å². The highest BCUT2D eigenvalue weighted by atomic mass is 79.9. The molecule has 6 heteroatoms. The van der Waals surface area contributed by atoms with E-state index in [9.17, 15) is 9.59 Å². The Balaban J connectivity index is 1.50. The van der Waals surface area contributed by atoms with Gasteiger partial charge in [-0.3, -0.25) is 9.59 Å². The maximum absolute atomic E-state index is 12.0. The Morgan fingerprint density at radius 3 is 2.32 bits per heavy atom. The molecule has 142 valence electrons. The van der Waals surface area contributed by atoms with Crippen LogP contribution in [-0.4, -0.2) is 17.5 Å². The van der Waals surface area contributed by atoms with Crippen LogP contribution >= 0.6 is 15.9 Å². The second kappa shape index (κ2) is 9.28. The van der Waals surface area contributed by atoms with E-state index >= 15 is 0 Å². The van der Waals surface area contributed by atoms with Crippen molar-refractivity contribution in [2.24, 2.45) is 5.10 Å². The van der Waals surface area contributed by atoms with E-state index in [1.807, 2.05) is 61.5 Å². The third-order valence-electron chi connectivity index (χ3n) is 4.22. The van der Waals surface area contributed by atoms with Crippen molar-refractivity contribution in [3.8, 4) is 0 Å². The van der Waals surface area contributed by atoms with Gasteiger partial charge in [0, 0.05) is 23.0 Å². The average Bonchev–Trinajstić information content (AvgIpc) is 2.71. The summed E-state index contributed by atoms with van der Waals surface area (Å²) >= 11 is 3.34. The van der Waals surface area contributed by atoms with Crippen LogP contribution in [0.5, 0.6) is 0 Å². The molecule has 0 unspecified atom stereocenters. The first-order chi connectivity index (χ1) is 13.5. The molecule has 3 rings (SSSR count). The monoisotopic (exact) mass is 437 g/mol. The van der Waals surface area contributed by atoms with Crippen LogP contribution in [0.4, 0.5) is 5.69 Å². The largest absolute Gasteiger partial charge is 0.326 e. The van der Waals surface area contributed by atoms with Crippen molar-refractivity contribution in [3.63, 3.8) is 0 Å². The van der Waals surface area contributed by atoms with Gasteiger partial charge < -0.3 is 5.32 Å². The zero-order valence-corrected chi connectivity index (χ0v) is 17.0. The summed E-state index contributed by atoms with van der Waals surface area (Å²) in [5.41, 5.74) is 4.86. The summed E-state index contributed by atoms with van der Waals surface area (Å²) in [4.78, 5) is 23.9. The third-order valence-corrected chi connectivity index (χ3v) is 4.75. The Bertz CT molecular complexity index is 1030. The quantitative estimate of drug-likeness (QED) is 0.426. The topological polar surface area (TPSA) is 70.6 Å². The summed E-state index contributed by atoms with van der Waals surface area (Å²) in [6.07, 6.45) is 0.156. The minimum Gasteiger partial charge on any atom is -0.326 e. The third kappa shape index (κ3) is 5.50. The summed E-state index contributed by atoms with van der Waals surface area (Å²) in [5.74, 6) is -0.515. The molecule has 0 atom stereocenters. The van der Waals surface area contributed by atoms with Crippen LogP contribution in [0, 0.1) is 0 Å². The first kappa shape index (κ1) is 19.8. The predicted octanol–water partition coefficient (Wildman–Crippen LogP) is 4.86. The summed E-state index contributed by atoms with van der Waals surface area (Å²) in [5, 5.41) is 9.18. The lowest BCUT2D eigenvalue weighted by atomic mass is 10.0. The van der Waals surface area contributed by atoms with E-state index in [0.717, 1.165) is 20.8 Å². The molecule has 2 N–H and O–H groups in total. The van der Waals surface area contributed by atoms with Crippen molar-refractivity contribution in [1.82, 2.24) is 5.43 Å². The van der Waals surface area contributed by atoms with Crippen LogP contribution < -0.4 is 10.7 Å². The fourth-order valence-corrected chi connectivity index (χ4v) is 2.93. The number of halogens is 1. The maximum atomic E-state index is 12.0. The van der Waals surface area contributed by atoms with E-state index in [1.165, 1.54) is 0 Å². The number of anilines is 1. The number of carbonyl (C=O) groups excluding carboxylic acids is 2. The summed E-state index contributed by atoms with van der Waals surface area (Å²) < 4.78 is 0.935. The number of amides is 2. The van der Waals surface area contributed by atoms with Crippen LogP contribution in [-0.2, 0) is 9.59 Å². The van der Waals surface area contributed by atoms with Gasteiger partial charge in [0.05, 0.1) is 5.71 Å². The number of fused-ring (bicyclic) bond motifs is 1. The Morgan fingerprint density at radius 2 is 1.57 bits per heavy atom. The van der Waals surface area contributed by atoms with Crippen molar-refractivity contribution < 1.29 is 9.59 Å². The lowest BCUT2D eigenvalue weighted by Gasteiger charge is -2.06. The lowest BCUT2D eigenvalue weighted by molar-refractivity contribution is -0.124. The number of hydrogen-bond donors (Lipinski definition) is 2. The number of nitrogens with zero attached hydrogens (tertiary/aromatic N) is 1. The molecule has 3 aromatic carbocycles. The Hall–Kier alpha value is -2.99. The second-order valence-electron chi connectivity index (χ2n) is 6.35. The first-order valence-corrected chi connectivity index (χ1v) is 9.68. The van der Waals surface area contributed by atoms with E-state index in [0.29, 0.717) is 11.4 Å². The van der Waals surface area contributed by atoms with E-state index < -0.39 is 0 Å². The molecule has 3 aromatic rings. The van der Waals surface area contributed by atoms with Crippen LogP contribution in [0.25, 0.3) is 10.8 Å². The van der Waals surface area contributed by atoms with Gasteiger partial charge in [0.25, 0.3) is 0 Å². The Labute approximate surface area is 172 Å². The number of benzene rings is 3. The SMILES string of the molecule is C/C(=N\NC(=O)CCC(=O)Nc1ccc(Br)cc1)c1ccc2ccccc2c1. The summed E-state index contributed by atoms with van der Waals surface area (Å²) in [6.45, 7) is 1.84. The fraction of sp³-hybridized carbons (Fsp3) is 0.136. The highest BCUT2D eigenvalue weighted by Crippen LogP contribution is 2.16. The maximum Gasteiger partial charge on any atom is 0.240 e. The standard InChI is InChI=1S/C22H20BrN3O2/c1-15(17-7-6-16-4-2-3-5-18(16)14-17)25-26-22(28)13-12-21(27)24-20-10-8-19(23)9-11-20/h2-11,14H,12-13H2,1H3,(H,24,27)(H,26,28)/b25-15+. The van der Waals surface area contributed by atoms with Crippen LogP contribution in [0.2, 0.25) is 0 Å². The molecule has 0 spiro atoms. The van der Waals surface area contributed by atoms with Crippen LogP contribution in [0.15, 0.2) is 76.3 Å². The van der Waals surface area contributed by atoms with Gasteiger partial charge >= 0.3 is 0 Å². The van der Waals surface area contributed by atoms with Gasteiger partial charge in [-0.05, 0) is 53.6 Å². The molecule has 0 radical (unpaired) electrons. The van der Waals surface area contributed by atoms with Gasteiger partial charge in [-0.1, -0.05) is 52.3 Å². The van der Waals surface area contributed by atoms with Gasteiger partial charge in [0.2, 0.25) is 11.8 Å². The number of nitrogens with one attached hydrogen (secondary N) is 2. The highest BCUT2D eigenvalue weighted by Gasteiger charge is 2.07. The summed E-state index contributed by atoms with van der Waals surface area (Å²) in [6, 6.07) is 21.4. The second-order valence-corrected chi connectivity index (χ2v) is 7.26. The summed E-state index contributed by atoms with van der Waals surface area (Å²) in [7, 11) is 0. The highest BCUT2D eigenvalue weighted by molar-refractivity contribution is 9.10. The zero-order valence-electron chi connectivity index (χ0n) is 15.4. The van der Waals surface area contributed by atoms with Gasteiger partial charge in [-0.2, -0.15) is 5.10 Å². The Kier molecular flexibility index (Phi) is 6.55. The molecule has 0 aliphatic carbocycles. The molecule has 0 aliphatic heterocycles. The van der Waals surface area contributed by atoms with Gasteiger partial charge in [0.1, 0.15) is 0 Å². The van der Waals surface area contributed by atoms with Crippen molar-refractivity contribution >= 4 is 49.9 Å². The molecule has 0 heterocycles. The number of hydrazone groups is 1. The molecule has 0 saturated carbocycles. The lowest BCUT2D eigenvalue weighted by Crippen LogP contribution is -2.21. The molecule has 0 bridgehead atoms. The molecular weight excluding hydrogens is 418 g/mol. The van der Waals surface area contributed by atoms with E-state index in [1.54, 1.807) is 12.1 Å². The molecule has 28 heavy (non-hydrogen) atoms. The molecular formula is C22H20BrN3O2. The molecule has 2 amide bonds. The molecule has 0 saturated heterocycles. The smallest absolute Gasteiger partial charge is 0.240 e. The van der Waals surface area contributed by atoms with E-state index in [2.05, 4.69) is 31.8 Å². The molecule has 0 aromatic heterocycles. The number of carbonyl (C=O) groups is 2. The fourth-order valence-electron chi connectivity index (χ4n) is 2.66. The van der Waals surface area contributed by atoms with Crippen molar-refractivity contribution in [2.45, 2.75) is 19.8 Å². The average molecular weight is 438 g/mol. The van der Waals surface area contributed by atoms with E-state index in [4.69, 9.17) is 0 Å². The van der Waals surface area contributed by atoms with Crippen molar-refractivity contribution in [2.75, 3.05) is 5.32 Å². The van der Waals surface area contributed by atoms with Gasteiger partial charge in [-0.15, -0.1) is 0 Å². The van der Waals surface area contributed by atoms with Crippen molar-refractivity contribution in [1.29, 1.82) is 0 Å². The minimum atomic E-state index is -0.300. The van der Waals surface area contributed by atoms with E-state index in [-0.39, 0.29) is 24.7 Å². The van der Waals surface area contributed by atoms with Gasteiger partial charge in [-0.25, -0.2) is 5.43 Å². The molecule has 0 aliphatic rings. The van der Waals surface area contributed by atoms with Crippen LogP contribution in [0.3, 0.4) is 0 Å². The van der Waals surface area contributed by atoms with Crippen molar-refractivity contribution in [3.05, 3.63) is 76.8 Å². The zero-order chi connectivity index (χ0) is 19.9. The minimum absolute atomic E-state index is 0.0663.